The average Bonchev–Trinajstić information content (AvgIpc) is 3.01. The molecule has 2 aliphatic rings. The molecule has 1 atom stereocenters. The summed E-state index contributed by atoms with van der Waals surface area (Å²) in [5.74, 6) is 2.40. The maximum atomic E-state index is 11.6. The zero-order valence-electron chi connectivity index (χ0n) is 14.0. The molecule has 0 aliphatic carbocycles. The van der Waals surface area contributed by atoms with Crippen LogP contribution in [0.15, 0.2) is 11.8 Å². The number of methoxy groups -OCH3 is 1. The zero-order valence-corrected chi connectivity index (χ0v) is 14.0. The molecule has 2 amide bonds. The Morgan fingerprint density at radius 1 is 1.52 bits per heavy atom. The van der Waals surface area contributed by atoms with Gasteiger partial charge in [-0.1, -0.05) is 0 Å². The van der Waals surface area contributed by atoms with Gasteiger partial charge < -0.3 is 15.4 Å². The summed E-state index contributed by atoms with van der Waals surface area (Å²) in [6.07, 6.45) is 2.64. The van der Waals surface area contributed by atoms with Gasteiger partial charge in [0.15, 0.2) is 6.29 Å². The first-order valence-corrected chi connectivity index (χ1v) is 8.16. The van der Waals surface area contributed by atoms with Gasteiger partial charge in [-0.05, 0) is 30.9 Å². The van der Waals surface area contributed by atoms with E-state index in [-0.39, 0.29) is 11.8 Å². The standard InChI is InChI=1S/C17H20N4O4/c1-25-15-4-6-20(14(15)10-23)8-12-7-11-3-2-5-21(17(18)24)16(11)19-13(12)9-22/h7,9,15H,2-6,8H2,1H3,(H2,18,24)/t15-/m0/s1. The van der Waals surface area contributed by atoms with Crippen LogP contribution < -0.4 is 10.6 Å². The number of ether oxygens (including phenoxy) is 1. The molecular weight excluding hydrogens is 324 g/mol. The Labute approximate surface area is 145 Å². The maximum absolute atomic E-state index is 11.6. The van der Waals surface area contributed by atoms with E-state index < -0.39 is 6.03 Å². The number of carbonyl (C=O) groups excluding carboxylic acids is 3. The minimum atomic E-state index is -0.577. The number of pyridine rings is 1. The lowest BCUT2D eigenvalue weighted by Crippen LogP contribution is -2.40. The van der Waals surface area contributed by atoms with Gasteiger partial charge in [0.25, 0.3) is 0 Å². The number of anilines is 1. The smallest absolute Gasteiger partial charge is 0.320 e. The second kappa shape index (κ2) is 7.04. The fourth-order valence-corrected chi connectivity index (χ4v) is 3.46. The van der Waals surface area contributed by atoms with Crippen LogP contribution in [0.25, 0.3) is 0 Å². The third-order valence-electron chi connectivity index (χ3n) is 4.71. The van der Waals surface area contributed by atoms with Crippen LogP contribution in [0.4, 0.5) is 10.6 Å². The van der Waals surface area contributed by atoms with Crippen LogP contribution in [0.1, 0.15) is 34.5 Å². The maximum Gasteiger partial charge on any atom is 0.320 e. The van der Waals surface area contributed by atoms with Gasteiger partial charge in [0.1, 0.15) is 29.3 Å². The van der Waals surface area contributed by atoms with Gasteiger partial charge >= 0.3 is 6.03 Å². The Balaban J connectivity index is 1.94. The molecule has 0 radical (unpaired) electrons. The van der Waals surface area contributed by atoms with Crippen LogP contribution in [0.3, 0.4) is 0 Å². The van der Waals surface area contributed by atoms with Crippen molar-refractivity contribution in [2.24, 2.45) is 5.73 Å². The van der Waals surface area contributed by atoms with Crippen LogP contribution in [-0.4, -0.2) is 54.4 Å². The number of urea groups is 1. The Hall–Kier alpha value is -2.70. The van der Waals surface area contributed by atoms with Crippen molar-refractivity contribution in [1.29, 1.82) is 0 Å². The van der Waals surface area contributed by atoms with Gasteiger partial charge in [0, 0.05) is 32.3 Å². The molecule has 0 unspecified atom stereocenters. The van der Waals surface area contributed by atoms with Gasteiger partial charge in [-0.15, -0.1) is 0 Å². The number of carbonyl (C=O) groups is 2. The van der Waals surface area contributed by atoms with E-state index in [2.05, 4.69) is 4.98 Å². The van der Waals surface area contributed by atoms with Crippen LogP contribution in [0.5, 0.6) is 0 Å². The van der Waals surface area contributed by atoms with Crippen molar-refractivity contribution in [3.8, 4) is 0 Å². The number of primary amides is 1. The molecular formula is C17H20N4O4. The summed E-state index contributed by atoms with van der Waals surface area (Å²) >= 11 is 0. The summed E-state index contributed by atoms with van der Waals surface area (Å²) in [4.78, 5) is 42.0. The zero-order chi connectivity index (χ0) is 18.0. The summed E-state index contributed by atoms with van der Waals surface area (Å²) in [5.41, 5.74) is 7.70. The van der Waals surface area contributed by atoms with E-state index in [0.717, 1.165) is 18.4 Å². The molecule has 0 bridgehead atoms. The highest BCUT2D eigenvalue weighted by Gasteiger charge is 2.30. The topological polar surface area (TPSA) is 106 Å². The van der Waals surface area contributed by atoms with Gasteiger partial charge in [-0.3, -0.25) is 9.69 Å². The molecule has 8 heteroatoms. The van der Waals surface area contributed by atoms with Crippen molar-refractivity contribution in [1.82, 2.24) is 9.88 Å². The van der Waals surface area contributed by atoms with Crippen LogP contribution in [-0.2, 0) is 22.5 Å². The van der Waals surface area contributed by atoms with E-state index in [0.29, 0.717) is 49.4 Å². The molecule has 1 aromatic rings. The van der Waals surface area contributed by atoms with Crippen molar-refractivity contribution in [3.05, 3.63) is 28.6 Å². The number of likely N-dealkylation sites (tertiary alicyclic amines) is 1. The van der Waals surface area contributed by atoms with E-state index in [1.165, 1.54) is 4.90 Å². The molecule has 3 rings (SSSR count). The fourth-order valence-electron chi connectivity index (χ4n) is 3.46. The molecule has 132 valence electrons. The minimum absolute atomic E-state index is 0.248. The first-order valence-electron chi connectivity index (χ1n) is 8.16. The van der Waals surface area contributed by atoms with E-state index in [9.17, 15) is 14.4 Å². The van der Waals surface area contributed by atoms with Crippen LogP contribution in [0, 0.1) is 0 Å². The molecule has 0 spiro atoms. The summed E-state index contributed by atoms with van der Waals surface area (Å²) in [5, 5.41) is 0. The van der Waals surface area contributed by atoms with Crippen molar-refractivity contribution in [2.45, 2.75) is 31.9 Å². The molecule has 25 heavy (non-hydrogen) atoms. The number of rotatable bonds is 4. The first kappa shape index (κ1) is 17.1. The number of aldehydes is 1. The molecule has 1 saturated heterocycles. The number of amides is 2. The van der Waals surface area contributed by atoms with Crippen molar-refractivity contribution in [2.75, 3.05) is 25.1 Å². The Bertz CT molecular complexity index is 757. The lowest BCUT2D eigenvalue weighted by Gasteiger charge is -2.28. The number of nitrogens with two attached hydrogens (primary N) is 1. The SMILES string of the molecule is CO[C@H]1CCN(Cc2cc3c(nc2C=O)N(C(N)=O)CCC3)C1=C=O. The molecule has 1 fully saturated rings. The number of hydrogen-bond acceptors (Lipinski definition) is 6. The van der Waals surface area contributed by atoms with E-state index in [1.807, 2.05) is 16.9 Å². The monoisotopic (exact) mass is 344 g/mol. The molecule has 0 aromatic carbocycles. The number of nitrogens with zero attached hydrogens (tertiary/aromatic N) is 3. The third kappa shape index (κ3) is 3.14. The fraction of sp³-hybridized carbons (Fsp3) is 0.471. The van der Waals surface area contributed by atoms with E-state index in [4.69, 9.17) is 10.5 Å². The highest BCUT2D eigenvalue weighted by molar-refractivity contribution is 5.91. The number of aromatic nitrogens is 1. The Kier molecular flexibility index (Phi) is 4.83. The third-order valence-corrected chi connectivity index (χ3v) is 4.71. The highest BCUT2D eigenvalue weighted by atomic mass is 16.5. The summed E-state index contributed by atoms with van der Waals surface area (Å²) in [6.45, 7) is 1.51. The molecule has 1 aromatic heterocycles. The summed E-state index contributed by atoms with van der Waals surface area (Å²) in [7, 11) is 1.56. The van der Waals surface area contributed by atoms with Gasteiger partial charge in [0.05, 0.1) is 0 Å². The minimum Gasteiger partial charge on any atom is -0.374 e. The van der Waals surface area contributed by atoms with Crippen molar-refractivity contribution in [3.63, 3.8) is 0 Å². The predicted molar refractivity (Wildman–Crippen MR) is 89.9 cm³/mol. The van der Waals surface area contributed by atoms with Crippen molar-refractivity contribution >= 4 is 24.1 Å². The average molecular weight is 344 g/mol. The quantitative estimate of drug-likeness (QED) is 0.635. The molecule has 2 N–H and O–H groups in total. The largest absolute Gasteiger partial charge is 0.374 e. The number of fused-ring (bicyclic) bond motifs is 1. The Morgan fingerprint density at radius 3 is 2.96 bits per heavy atom. The van der Waals surface area contributed by atoms with Crippen LogP contribution in [0.2, 0.25) is 0 Å². The van der Waals surface area contributed by atoms with Crippen LogP contribution >= 0.6 is 0 Å². The normalized spacial score (nSPS) is 19.6. The summed E-state index contributed by atoms with van der Waals surface area (Å²) < 4.78 is 5.29. The second-order valence-electron chi connectivity index (χ2n) is 6.15. The lowest BCUT2D eigenvalue weighted by molar-refractivity contribution is 0.111. The van der Waals surface area contributed by atoms with E-state index in [1.54, 1.807) is 7.11 Å². The van der Waals surface area contributed by atoms with E-state index >= 15 is 0 Å². The highest BCUT2D eigenvalue weighted by Crippen LogP contribution is 2.29. The number of hydrogen-bond donors (Lipinski definition) is 1. The van der Waals surface area contributed by atoms with Gasteiger partial charge in [-0.25, -0.2) is 14.6 Å². The second-order valence-corrected chi connectivity index (χ2v) is 6.15. The lowest BCUT2D eigenvalue weighted by atomic mass is 10.0. The summed E-state index contributed by atoms with van der Waals surface area (Å²) in [6, 6.07) is 1.30. The molecule has 2 aliphatic heterocycles. The van der Waals surface area contributed by atoms with Crippen molar-refractivity contribution < 1.29 is 19.1 Å². The first-order chi connectivity index (χ1) is 12.1. The molecule has 8 nitrogen and oxygen atoms in total. The van der Waals surface area contributed by atoms with Gasteiger partial charge in [-0.2, -0.15) is 0 Å². The predicted octanol–water partition coefficient (Wildman–Crippen LogP) is 0.662. The van der Waals surface area contributed by atoms with Gasteiger partial charge in [0.2, 0.25) is 0 Å². The number of aryl methyl sites for hydroxylation is 1. The molecule has 0 saturated carbocycles. The molecule has 3 heterocycles. The Morgan fingerprint density at radius 2 is 2.32 bits per heavy atom.